The molecule has 64 valence electrons. The highest BCUT2D eigenvalue weighted by Crippen LogP contribution is 2.26. The second kappa shape index (κ2) is 2.79. The van der Waals surface area contributed by atoms with Crippen molar-refractivity contribution in [2.75, 3.05) is 11.6 Å². The number of hydrogen-bond acceptors (Lipinski definition) is 2. The van der Waals surface area contributed by atoms with Gasteiger partial charge < -0.3 is 0 Å². The third-order valence-electron chi connectivity index (χ3n) is 2.33. The molecule has 0 aliphatic carbocycles. The van der Waals surface area contributed by atoms with E-state index in [0.717, 1.165) is 25.1 Å². The van der Waals surface area contributed by atoms with Crippen LogP contribution in [0.2, 0.25) is 0 Å². The Bertz CT molecular complexity index is 296. The zero-order valence-electron chi connectivity index (χ0n) is 7.25. The third-order valence-corrected chi connectivity index (χ3v) is 2.33. The first-order valence-electron chi connectivity index (χ1n) is 4.33. The van der Waals surface area contributed by atoms with Gasteiger partial charge in [0.1, 0.15) is 0 Å². The molecular formula is C10H13NO. The summed E-state index contributed by atoms with van der Waals surface area (Å²) in [5.74, 6) is 0. The van der Waals surface area contributed by atoms with Crippen LogP contribution in [0, 0.1) is 6.92 Å². The minimum Gasteiger partial charge on any atom is -0.288 e. The number of fused-ring (bicyclic) bond motifs is 1. The van der Waals surface area contributed by atoms with E-state index in [0.29, 0.717) is 0 Å². The van der Waals surface area contributed by atoms with E-state index in [1.807, 2.05) is 13.0 Å². The van der Waals surface area contributed by atoms with E-state index in [1.54, 1.807) is 0 Å². The van der Waals surface area contributed by atoms with Gasteiger partial charge in [0.05, 0.1) is 5.69 Å². The average Bonchev–Trinajstić information content (AvgIpc) is 2.07. The number of benzene rings is 1. The van der Waals surface area contributed by atoms with E-state index in [1.165, 1.54) is 16.2 Å². The molecule has 1 aliphatic heterocycles. The van der Waals surface area contributed by atoms with Crippen molar-refractivity contribution in [2.45, 2.75) is 19.8 Å². The van der Waals surface area contributed by atoms with Crippen molar-refractivity contribution in [1.82, 2.24) is 0 Å². The van der Waals surface area contributed by atoms with Gasteiger partial charge in [-0.1, -0.05) is 12.1 Å². The van der Waals surface area contributed by atoms with Crippen LogP contribution in [0.25, 0.3) is 0 Å². The lowest BCUT2D eigenvalue weighted by atomic mass is 10.0. The van der Waals surface area contributed by atoms with Crippen molar-refractivity contribution in [3.05, 3.63) is 29.3 Å². The summed E-state index contributed by atoms with van der Waals surface area (Å²) in [6.07, 6.45) is 2.14. The van der Waals surface area contributed by atoms with Gasteiger partial charge in [0.25, 0.3) is 0 Å². The maximum atomic E-state index is 9.52. The van der Waals surface area contributed by atoms with Gasteiger partial charge in [-0.25, -0.2) is 0 Å². The van der Waals surface area contributed by atoms with Crippen LogP contribution < -0.4 is 5.06 Å². The van der Waals surface area contributed by atoms with Crippen molar-refractivity contribution in [1.29, 1.82) is 0 Å². The second-order valence-electron chi connectivity index (χ2n) is 3.36. The second-order valence-corrected chi connectivity index (χ2v) is 3.36. The molecule has 0 fully saturated rings. The summed E-state index contributed by atoms with van der Waals surface area (Å²) in [4.78, 5) is 0. The molecule has 1 heterocycles. The Kier molecular flexibility index (Phi) is 1.77. The highest BCUT2D eigenvalue weighted by Gasteiger charge is 2.14. The van der Waals surface area contributed by atoms with Crippen LogP contribution in [-0.2, 0) is 6.42 Å². The predicted molar refractivity (Wildman–Crippen MR) is 48.6 cm³/mol. The fraction of sp³-hybridized carbons (Fsp3) is 0.400. The minimum atomic E-state index is 0.760. The molecular weight excluding hydrogens is 150 g/mol. The molecule has 1 aliphatic rings. The van der Waals surface area contributed by atoms with Crippen LogP contribution in [0.5, 0.6) is 0 Å². The summed E-state index contributed by atoms with van der Waals surface area (Å²) in [5, 5.41) is 10.9. The monoisotopic (exact) mass is 163 g/mol. The fourth-order valence-electron chi connectivity index (χ4n) is 1.67. The summed E-state index contributed by atoms with van der Waals surface area (Å²) >= 11 is 0. The van der Waals surface area contributed by atoms with Crippen molar-refractivity contribution in [3.63, 3.8) is 0 Å². The Balaban J connectivity index is 2.47. The normalized spacial score (nSPS) is 16.0. The standard InChI is InChI=1S/C10H13NO/c1-8-4-5-9-3-2-6-11(12)10(9)7-8/h4-5,7,12H,2-3,6H2,1H3. The van der Waals surface area contributed by atoms with Gasteiger partial charge in [-0.2, -0.15) is 0 Å². The van der Waals surface area contributed by atoms with E-state index >= 15 is 0 Å². The van der Waals surface area contributed by atoms with E-state index in [9.17, 15) is 5.21 Å². The molecule has 1 aromatic carbocycles. The predicted octanol–water partition coefficient (Wildman–Crippen LogP) is 2.14. The van der Waals surface area contributed by atoms with Crippen LogP contribution in [0.15, 0.2) is 18.2 Å². The van der Waals surface area contributed by atoms with E-state index in [4.69, 9.17) is 0 Å². The van der Waals surface area contributed by atoms with E-state index in [2.05, 4.69) is 12.1 Å². The van der Waals surface area contributed by atoms with Crippen LogP contribution in [0.3, 0.4) is 0 Å². The fourth-order valence-corrected chi connectivity index (χ4v) is 1.67. The third kappa shape index (κ3) is 1.18. The van der Waals surface area contributed by atoms with Gasteiger partial charge in [0, 0.05) is 6.54 Å². The molecule has 0 saturated heterocycles. The minimum absolute atomic E-state index is 0.760. The molecule has 0 atom stereocenters. The van der Waals surface area contributed by atoms with Crippen LogP contribution >= 0.6 is 0 Å². The summed E-state index contributed by atoms with van der Waals surface area (Å²) in [7, 11) is 0. The van der Waals surface area contributed by atoms with Crippen LogP contribution in [-0.4, -0.2) is 11.8 Å². The smallest absolute Gasteiger partial charge is 0.0668 e. The quantitative estimate of drug-likeness (QED) is 0.633. The molecule has 1 N–H and O–H groups in total. The highest BCUT2D eigenvalue weighted by molar-refractivity contribution is 5.54. The zero-order chi connectivity index (χ0) is 8.55. The molecule has 2 rings (SSSR count). The highest BCUT2D eigenvalue weighted by atomic mass is 16.5. The van der Waals surface area contributed by atoms with E-state index < -0.39 is 0 Å². The number of rotatable bonds is 0. The molecule has 0 saturated carbocycles. The lowest BCUT2D eigenvalue weighted by Gasteiger charge is -2.25. The number of anilines is 1. The molecule has 2 heteroatoms. The van der Waals surface area contributed by atoms with Crippen molar-refractivity contribution in [3.8, 4) is 0 Å². The summed E-state index contributed by atoms with van der Waals surface area (Å²) in [6.45, 7) is 2.80. The Morgan fingerprint density at radius 3 is 3.08 bits per heavy atom. The number of hydroxylamine groups is 1. The summed E-state index contributed by atoms with van der Waals surface area (Å²) in [5.41, 5.74) is 3.45. The molecule has 1 aromatic rings. The maximum Gasteiger partial charge on any atom is 0.0668 e. The first kappa shape index (κ1) is 7.62. The number of nitrogens with zero attached hydrogens (tertiary/aromatic N) is 1. The van der Waals surface area contributed by atoms with Crippen molar-refractivity contribution < 1.29 is 5.21 Å². The van der Waals surface area contributed by atoms with Crippen LogP contribution in [0.1, 0.15) is 17.5 Å². The lowest BCUT2D eigenvalue weighted by molar-refractivity contribution is 0.246. The van der Waals surface area contributed by atoms with Crippen molar-refractivity contribution >= 4 is 5.69 Å². The van der Waals surface area contributed by atoms with Gasteiger partial charge in [0.2, 0.25) is 0 Å². The van der Waals surface area contributed by atoms with Crippen molar-refractivity contribution in [2.24, 2.45) is 0 Å². The topological polar surface area (TPSA) is 23.5 Å². The number of aryl methyl sites for hydroxylation is 2. The molecule has 0 amide bonds. The Morgan fingerprint density at radius 2 is 2.25 bits per heavy atom. The Hall–Kier alpha value is -1.02. The Morgan fingerprint density at radius 1 is 1.42 bits per heavy atom. The SMILES string of the molecule is Cc1ccc2c(c1)N(O)CCC2. The largest absolute Gasteiger partial charge is 0.288 e. The maximum absolute atomic E-state index is 9.52. The molecule has 0 bridgehead atoms. The van der Waals surface area contributed by atoms with Crippen LogP contribution in [0.4, 0.5) is 5.69 Å². The Labute approximate surface area is 72.4 Å². The zero-order valence-corrected chi connectivity index (χ0v) is 7.25. The molecule has 0 aromatic heterocycles. The molecule has 0 unspecified atom stereocenters. The summed E-state index contributed by atoms with van der Waals surface area (Å²) in [6, 6.07) is 6.24. The average molecular weight is 163 g/mol. The molecule has 2 nitrogen and oxygen atoms in total. The molecule has 12 heavy (non-hydrogen) atoms. The summed E-state index contributed by atoms with van der Waals surface area (Å²) < 4.78 is 0. The molecule has 0 spiro atoms. The first-order chi connectivity index (χ1) is 5.77. The van der Waals surface area contributed by atoms with Gasteiger partial charge in [-0.15, -0.1) is 0 Å². The van der Waals surface area contributed by atoms with Gasteiger partial charge in [-0.05, 0) is 37.0 Å². The lowest BCUT2D eigenvalue weighted by Crippen LogP contribution is -2.25. The first-order valence-corrected chi connectivity index (χ1v) is 4.33. The molecule has 0 radical (unpaired) electrons. The van der Waals surface area contributed by atoms with Gasteiger partial charge in [-0.3, -0.25) is 10.3 Å². The van der Waals surface area contributed by atoms with Gasteiger partial charge in [0.15, 0.2) is 0 Å². The number of hydrogen-bond donors (Lipinski definition) is 1. The van der Waals surface area contributed by atoms with Gasteiger partial charge >= 0.3 is 0 Å². The van der Waals surface area contributed by atoms with E-state index in [-0.39, 0.29) is 0 Å².